The third-order valence-corrected chi connectivity index (χ3v) is 7.03. The van der Waals surface area contributed by atoms with Crippen LogP contribution < -0.4 is 5.56 Å². The van der Waals surface area contributed by atoms with Crippen molar-refractivity contribution in [3.05, 3.63) is 86.6 Å². The number of rotatable bonds is 5. The smallest absolute Gasteiger partial charge is 0.387 e. The van der Waals surface area contributed by atoms with Crippen LogP contribution in [0.1, 0.15) is 48.2 Å². The van der Waals surface area contributed by atoms with Crippen LogP contribution in [0, 0.1) is 11.6 Å². The van der Waals surface area contributed by atoms with Crippen molar-refractivity contribution in [2.45, 2.75) is 44.1 Å². The fourth-order valence-electron chi connectivity index (χ4n) is 4.69. The van der Waals surface area contributed by atoms with Gasteiger partial charge in [0.25, 0.3) is 5.56 Å². The Morgan fingerprint density at radius 2 is 1.82 bits per heavy atom. The monoisotopic (exact) mass is 569 g/mol. The van der Waals surface area contributed by atoms with Gasteiger partial charge in [-0.25, -0.2) is 8.78 Å². The molecule has 4 heterocycles. The molecule has 2 aliphatic heterocycles. The van der Waals surface area contributed by atoms with Gasteiger partial charge in [0.05, 0.1) is 17.2 Å². The van der Waals surface area contributed by atoms with E-state index in [1.165, 1.54) is 11.0 Å². The van der Waals surface area contributed by atoms with Crippen molar-refractivity contribution in [2.24, 2.45) is 5.16 Å². The Morgan fingerprint density at radius 1 is 1.13 bits per heavy atom. The number of carbonyl (C=O) groups is 1. The number of halogens is 6. The number of alkyl halides is 3. The van der Waals surface area contributed by atoms with Gasteiger partial charge in [0.15, 0.2) is 6.10 Å². The van der Waals surface area contributed by atoms with Gasteiger partial charge in [0.1, 0.15) is 34.6 Å². The molecule has 2 aromatic heterocycles. The van der Waals surface area contributed by atoms with Crippen molar-refractivity contribution in [3.63, 3.8) is 0 Å². The highest BCUT2D eigenvalue weighted by Gasteiger charge is 2.33. The molecule has 0 radical (unpaired) electrons. The summed E-state index contributed by atoms with van der Waals surface area (Å²) >= 11 is 5.67. The van der Waals surface area contributed by atoms with Gasteiger partial charge in [-0.15, -0.1) is 0 Å². The van der Waals surface area contributed by atoms with E-state index in [1.54, 1.807) is 16.9 Å². The number of carbonyl (C=O) groups excluding carboxylic acids is 1. The predicted molar refractivity (Wildman–Crippen MR) is 129 cm³/mol. The summed E-state index contributed by atoms with van der Waals surface area (Å²) in [5.74, 6) is -1.94. The molecule has 2 aliphatic rings. The molecule has 0 spiro atoms. The molecule has 5 rings (SSSR count). The number of pyridine rings is 1. The van der Waals surface area contributed by atoms with Crippen molar-refractivity contribution in [2.75, 3.05) is 13.1 Å². The highest BCUT2D eigenvalue weighted by molar-refractivity contribution is 6.30. The number of amides is 1. The first-order valence-electron chi connectivity index (χ1n) is 12.0. The first-order chi connectivity index (χ1) is 18.5. The number of nitrogens with zero attached hydrogens (tertiary/aromatic N) is 5. The molecular formula is C25H21ClF5N5O3. The van der Waals surface area contributed by atoms with Crippen LogP contribution >= 0.6 is 11.6 Å². The van der Waals surface area contributed by atoms with Gasteiger partial charge in [0.2, 0.25) is 5.91 Å². The summed E-state index contributed by atoms with van der Waals surface area (Å²) in [6, 6.07) is 5.75. The normalized spacial score (nSPS) is 18.3. The van der Waals surface area contributed by atoms with E-state index >= 15 is 0 Å². The Bertz CT molecular complexity index is 1470. The summed E-state index contributed by atoms with van der Waals surface area (Å²) < 4.78 is 69.8. The summed E-state index contributed by atoms with van der Waals surface area (Å²) in [6.45, 7) is 0.0420. The Labute approximate surface area is 223 Å². The Hall–Kier alpha value is -3.74. The lowest BCUT2D eigenvalue weighted by atomic mass is 10.0. The zero-order valence-electron chi connectivity index (χ0n) is 20.2. The van der Waals surface area contributed by atoms with E-state index in [9.17, 15) is 31.5 Å². The van der Waals surface area contributed by atoms with E-state index in [0.717, 1.165) is 12.1 Å². The molecule has 1 atom stereocenters. The van der Waals surface area contributed by atoms with Crippen molar-refractivity contribution in [1.82, 2.24) is 19.2 Å². The van der Waals surface area contributed by atoms with Crippen LogP contribution in [0.5, 0.6) is 0 Å². The van der Waals surface area contributed by atoms with Gasteiger partial charge in [-0.3, -0.25) is 14.3 Å². The van der Waals surface area contributed by atoms with E-state index in [2.05, 4.69) is 10.3 Å². The molecule has 14 heteroatoms. The summed E-state index contributed by atoms with van der Waals surface area (Å²) in [5.41, 5.74) is -1.25. The minimum atomic E-state index is -4.71. The molecule has 1 fully saturated rings. The second-order valence-electron chi connectivity index (χ2n) is 9.27. The van der Waals surface area contributed by atoms with Gasteiger partial charge < -0.3 is 14.3 Å². The third-order valence-electron chi connectivity index (χ3n) is 6.76. The molecule has 1 aromatic carbocycles. The zero-order valence-corrected chi connectivity index (χ0v) is 20.9. The van der Waals surface area contributed by atoms with Crippen LogP contribution in [-0.2, 0) is 22.4 Å². The summed E-state index contributed by atoms with van der Waals surface area (Å²) in [5, 5.41) is 7.87. The average molecular weight is 570 g/mol. The highest BCUT2D eigenvalue weighted by atomic mass is 35.5. The molecule has 1 unspecified atom stereocenters. The molecule has 1 saturated heterocycles. The third kappa shape index (κ3) is 5.54. The average Bonchev–Trinajstić information content (AvgIpc) is 3.56. The van der Waals surface area contributed by atoms with Crippen molar-refractivity contribution < 1.29 is 31.6 Å². The van der Waals surface area contributed by atoms with E-state index in [1.807, 2.05) is 0 Å². The molecule has 0 bridgehead atoms. The number of hydrogen-bond donors (Lipinski definition) is 0. The lowest BCUT2D eigenvalue weighted by molar-refractivity contribution is -0.139. The van der Waals surface area contributed by atoms with Crippen LogP contribution in [0.4, 0.5) is 22.0 Å². The van der Waals surface area contributed by atoms with E-state index in [4.69, 9.17) is 16.4 Å². The zero-order chi connectivity index (χ0) is 27.9. The van der Waals surface area contributed by atoms with Gasteiger partial charge in [-0.2, -0.15) is 18.3 Å². The Morgan fingerprint density at radius 3 is 2.49 bits per heavy atom. The molecule has 0 aliphatic carbocycles. The molecule has 0 saturated carbocycles. The molecule has 0 N–H and O–H groups in total. The predicted octanol–water partition coefficient (Wildman–Crippen LogP) is 4.72. The molecular weight excluding hydrogens is 549 g/mol. The van der Waals surface area contributed by atoms with Gasteiger partial charge in [0, 0.05) is 31.9 Å². The highest BCUT2D eigenvalue weighted by Crippen LogP contribution is 2.33. The maximum Gasteiger partial charge on any atom is 0.417 e. The largest absolute Gasteiger partial charge is 0.417 e. The van der Waals surface area contributed by atoms with E-state index in [0.29, 0.717) is 54.2 Å². The maximum absolute atomic E-state index is 14.1. The van der Waals surface area contributed by atoms with Crippen molar-refractivity contribution in [1.29, 1.82) is 0 Å². The number of piperidine rings is 1. The summed E-state index contributed by atoms with van der Waals surface area (Å²) in [6.07, 6.45) is -2.13. The number of hydrogen-bond acceptors (Lipinski definition) is 5. The van der Waals surface area contributed by atoms with Gasteiger partial charge in [-0.05, 0) is 37.1 Å². The topological polar surface area (TPSA) is 81.7 Å². The fourth-order valence-corrected chi connectivity index (χ4v) is 4.92. The lowest BCUT2D eigenvalue weighted by Crippen LogP contribution is -2.42. The number of aromatic nitrogens is 3. The molecule has 39 heavy (non-hydrogen) atoms. The van der Waals surface area contributed by atoms with Crippen LogP contribution in [0.2, 0.25) is 5.02 Å². The minimum Gasteiger partial charge on any atom is -0.387 e. The second kappa shape index (κ2) is 10.4. The number of likely N-dealkylation sites (tertiary alicyclic amines) is 1. The standard InChI is InChI=1S/C25H21ClF5N5O3/c26-16-10-14(25(29,30)31)12-35(24(16)38)13-22(37)34-7-4-15(5-8-34)36-9-6-19(32-36)20-11-21(39-33-20)23-17(27)2-1-3-18(23)28/h1-3,6,9-10,12,15,21H,4-5,7-8,11,13H2. The van der Waals surface area contributed by atoms with Crippen LogP contribution in [0.25, 0.3) is 0 Å². The first-order valence-corrected chi connectivity index (χ1v) is 12.4. The van der Waals surface area contributed by atoms with Crippen LogP contribution in [-0.4, -0.2) is 44.0 Å². The van der Waals surface area contributed by atoms with E-state index in [-0.39, 0.29) is 18.0 Å². The number of oxime groups is 1. The van der Waals surface area contributed by atoms with Gasteiger partial charge in [-0.1, -0.05) is 22.8 Å². The molecule has 8 nitrogen and oxygen atoms in total. The number of benzene rings is 1. The fraction of sp³-hybridized carbons (Fsp3) is 0.360. The molecule has 1 amide bonds. The van der Waals surface area contributed by atoms with E-state index < -0.39 is 52.5 Å². The summed E-state index contributed by atoms with van der Waals surface area (Å²) in [4.78, 5) is 31.7. The molecule has 3 aromatic rings. The van der Waals surface area contributed by atoms with Crippen LogP contribution in [0.3, 0.4) is 0 Å². The Kier molecular flexibility index (Phi) is 7.19. The second-order valence-corrected chi connectivity index (χ2v) is 9.68. The van der Waals surface area contributed by atoms with Gasteiger partial charge >= 0.3 is 6.18 Å². The van der Waals surface area contributed by atoms with Crippen molar-refractivity contribution in [3.8, 4) is 0 Å². The SMILES string of the molecule is O=C(Cn1cc(C(F)(F)F)cc(Cl)c1=O)N1CCC(n2ccc(C3=NOC(c4c(F)cccc4F)C3)n2)CC1. The lowest BCUT2D eigenvalue weighted by Gasteiger charge is -2.32. The Balaban J connectivity index is 1.19. The minimum absolute atomic E-state index is 0.0729. The maximum atomic E-state index is 14.1. The molecule has 206 valence electrons. The van der Waals surface area contributed by atoms with Crippen LogP contribution in [0.15, 0.2) is 52.7 Å². The first kappa shape index (κ1) is 26.9. The summed E-state index contributed by atoms with van der Waals surface area (Å²) in [7, 11) is 0. The van der Waals surface area contributed by atoms with Crippen molar-refractivity contribution >= 4 is 23.2 Å². The quantitative estimate of drug-likeness (QED) is 0.416.